The summed E-state index contributed by atoms with van der Waals surface area (Å²) in [5.41, 5.74) is 0.430. The zero-order valence-corrected chi connectivity index (χ0v) is 15.2. The number of carbonyl (C=O) groups is 3. The smallest absolute Gasteiger partial charge is 0.251 e. The maximum atomic E-state index is 12.3. The fourth-order valence-corrected chi connectivity index (χ4v) is 2.11. The summed E-state index contributed by atoms with van der Waals surface area (Å²) in [5.74, 6) is -0.469. The summed E-state index contributed by atoms with van der Waals surface area (Å²) in [6.45, 7) is 6.06. The van der Waals surface area contributed by atoms with Crippen LogP contribution in [0.5, 0.6) is 5.75 Å². The fourth-order valence-electron chi connectivity index (χ4n) is 2.11. The van der Waals surface area contributed by atoms with Crippen LogP contribution in [0.15, 0.2) is 24.3 Å². The van der Waals surface area contributed by atoms with Crippen molar-refractivity contribution in [3.05, 3.63) is 29.8 Å². The molecule has 0 aromatic heterocycles. The predicted octanol–water partition coefficient (Wildman–Crippen LogP) is 1.09. The Morgan fingerprint density at radius 3 is 2.24 bits per heavy atom. The first-order valence-electron chi connectivity index (χ1n) is 8.38. The van der Waals surface area contributed by atoms with Crippen LogP contribution in [0, 0.1) is 5.92 Å². The molecule has 3 amide bonds. The van der Waals surface area contributed by atoms with Gasteiger partial charge in [-0.2, -0.15) is 0 Å². The Bertz CT molecular complexity index is 584. The summed E-state index contributed by atoms with van der Waals surface area (Å²) < 4.78 is 5.06. The maximum absolute atomic E-state index is 12.3. The SMILES string of the molecule is CCCNC(=O)CNC(=O)[C@@H](NC(=O)c1ccc(OC)cc1)C(C)C. The molecule has 3 N–H and O–H groups in total. The van der Waals surface area contributed by atoms with E-state index in [-0.39, 0.29) is 30.2 Å². The van der Waals surface area contributed by atoms with E-state index >= 15 is 0 Å². The van der Waals surface area contributed by atoms with Gasteiger partial charge in [-0.05, 0) is 36.6 Å². The second-order valence-corrected chi connectivity index (χ2v) is 5.99. The van der Waals surface area contributed by atoms with Crippen LogP contribution < -0.4 is 20.7 Å². The predicted molar refractivity (Wildman–Crippen MR) is 95.4 cm³/mol. The quantitative estimate of drug-likeness (QED) is 0.622. The summed E-state index contributed by atoms with van der Waals surface area (Å²) >= 11 is 0. The largest absolute Gasteiger partial charge is 0.497 e. The first-order chi connectivity index (χ1) is 11.9. The Morgan fingerprint density at radius 2 is 1.72 bits per heavy atom. The van der Waals surface area contributed by atoms with Crippen molar-refractivity contribution in [1.82, 2.24) is 16.0 Å². The highest BCUT2D eigenvalue weighted by Crippen LogP contribution is 2.12. The third kappa shape index (κ3) is 6.82. The van der Waals surface area contributed by atoms with Crippen molar-refractivity contribution >= 4 is 17.7 Å². The Balaban J connectivity index is 2.64. The number of benzene rings is 1. The second-order valence-electron chi connectivity index (χ2n) is 5.99. The van der Waals surface area contributed by atoms with Crippen molar-refractivity contribution in [2.75, 3.05) is 20.2 Å². The third-order valence-electron chi connectivity index (χ3n) is 3.58. The van der Waals surface area contributed by atoms with Crippen LogP contribution in [0.2, 0.25) is 0 Å². The minimum Gasteiger partial charge on any atom is -0.497 e. The number of ether oxygens (including phenoxy) is 1. The highest BCUT2D eigenvalue weighted by molar-refractivity contribution is 5.98. The van der Waals surface area contributed by atoms with E-state index in [1.54, 1.807) is 31.4 Å². The third-order valence-corrected chi connectivity index (χ3v) is 3.58. The van der Waals surface area contributed by atoms with Gasteiger partial charge in [0, 0.05) is 12.1 Å². The Labute approximate surface area is 148 Å². The van der Waals surface area contributed by atoms with E-state index in [2.05, 4.69) is 16.0 Å². The lowest BCUT2D eigenvalue weighted by Crippen LogP contribution is -2.51. The normalized spacial score (nSPS) is 11.6. The summed E-state index contributed by atoms with van der Waals surface area (Å²) in [7, 11) is 1.55. The van der Waals surface area contributed by atoms with Crippen molar-refractivity contribution in [2.24, 2.45) is 5.92 Å². The summed E-state index contributed by atoms with van der Waals surface area (Å²) in [6, 6.07) is 5.88. The molecule has 0 spiro atoms. The van der Waals surface area contributed by atoms with Gasteiger partial charge in [-0.1, -0.05) is 20.8 Å². The minimum atomic E-state index is -0.728. The lowest BCUT2D eigenvalue weighted by Gasteiger charge is -2.21. The lowest BCUT2D eigenvalue weighted by atomic mass is 10.0. The number of carbonyl (C=O) groups excluding carboxylic acids is 3. The van der Waals surface area contributed by atoms with Crippen LogP contribution in [0.3, 0.4) is 0 Å². The highest BCUT2D eigenvalue weighted by Gasteiger charge is 2.24. The zero-order valence-electron chi connectivity index (χ0n) is 15.2. The molecule has 1 aromatic carbocycles. The van der Waals surface area contributed by atoms with Crippen molar-refractivity contribution in [3.8, 4) is 5.75 Å². The molecule has 1 atom stereocenters. The van der Waals surface area contributed by atoms with E-state index in [0.717, 1.165) is 6.42 Å². The van der Waals surface area contributed by atoms with Crippen molar-refractivity contribution in [2.45, 2.75) is 33.2 Å². The Morgan fingerprint density at radius 1 is 1.08 bits per heavy atom. The van der Waals surface area contributed by atoms with E-state index in [9.17, 15) is 14.4 Å². The van der Waals surface area contributed by atoms with E-state index < -0.39 is 6.04 Å². The summed E-state index contributed by atoms with van der Waals surface area (Å²) in [4.78, 5) is 36.2. The molecule has 0 heterocycles. The number of methoxy groups -OCH3 is 1. The minimum absolute atomic E-state index is 0.111. The molecule has 0 bridgehead atoms. The van der Waals surface area contributed by atoms with Crippen molar-refractivity contribution < 1.29 is 19.1 Å². The topological polar surface area (TPSA) is 96.5 Å². The average molecular weight is 349 g/mol. The van der Waals surface area contributed by atoms with Crippen LogP contribution in [0.25, 0.3) is 0 Å². The molecule has 25 heavy (non-hydrogen) atoms. The molecular formula is C18H27N3O4. The van der Waals surface area contributed by atoms with Crippen molar-refractivity contribution in [1.29, 1.82) is 0 Å². The molecule has 1 aromatic rings. The zero-order chi connectivity index (χ0) is 18.8. The van der Waals surface area contributed by atoms with Crippen LogP contribution in [0.4, 0.5) is 0 Å². The maximum Gasteiger partial charge on any atom is 0.251 e. The number of rotatable bonds is 9. The highest BCUT2D eigenvalue weighted by atomic mass is 16.5. The molecule has 0 aliphatic carbocycles. The molecule has 0 fully saturated rings. The van der Waals surface area contributed by atoms with Gasteiger partial charge < -0.3 is 20.7 Å². The van der Waals surface area contributed by atoms with Gasteiger partial charge in [0.2, 0.25) is 11.8 Å². The molecule has 0 saturated carbocycles. The van der Waals surface area contributed by atoms with Gasteiger partial charge in [0.15, 0.2) is 0 Å². The molecule has 7 nitrogen and oxygen atoms in total. The van der Waals surface area contributed by atoms with Gasteiger partial charge in [0.25, 0.3) is 5.91 Å². The molecule has 138 valence electrons. The molecule has 0 unspecified atom stereocenters. The molecule has 0 radical (unpaired) electrons. The molecule has 0 saturated heterocycles. The van der Waals surface area contributed by atoms with Gasteiger partial charge in [0.1, 0.15) is 11.8 Å². The Kier molecular flexibility index (Phi) is 8.46. The molecule has 1 rings (SSSR count). The van der Waals surface area contributed by atoms with Gasteiger partial charge in [-0.25, -0.2) is 0 Å². The standard InChI is InChI=1S/C18H27N3O4/c1-5-10-19-15(22)11-20-18(24)16(12(2)3)21-17(23)13-6-8-14(25-4)9-7-13/h6-9,12,16H,5,10-11H2,1-4H3,(H,19,22)(H,20,24)(H,21,23)/t16-/m0/s1. The van der Waals surface area contributed by atoms with Crippen LogP contribution >= 0.6 is 0 Å². The monoisotopic (exact) mass is 349 g/mol. The fraction of sp³-hybridized carbons (Fsp3) is 0.500. The second kappa shape index (κ2) is 10.3. The van der Waals surface area contributed by atoms with Gasteiger partial charge in [0.05, 0.1) is 13.7 Å². The first kappa shape index (κ1) is 20.5. The van der Waals surface area contributed by atoms with Gasteiger partial charge in [-0.15, -0.1) is 0 Å². The van der Waals surface area contributed by atoms with Crippen LogP contribution in [-0.2, 0) is 9.59 Å². The molecule has 0 aliphatic heterocycles. The first-order valence-corrected chi connectivity index (χ1v) is 8.38. The number of hydrogen-bond acceptors (Lipinski definition) is 4. The molecular weight excluding hydrogens is 322 g/mol. The van der Waals surface area contributed by atoms with Gasteiger partial charge >= 0.3 is 0 Å². The van der Waals surface area contributed by atoms with Crippen molar-refractivity contribution in [3.63, 3.8) is 0 Å². The Hall–Kier alpha value is -2.57. The number of amides is 3. The summed E-state index contributed by atoms with van der Waals surface area (Å²) in [5, 5.41) is 7.96. The summed E-state index contributed by atoms with van der Waals surface area (Å²) in [6.07, 6.45) is 0.826. The van der Waals surface area contributed by atoms with Crippen LogP contribution in [0.1, 0.15) is 37.6 Å². The van der Waals surface area contributed by atoms with E-state index in [0.29, 0.717) is 17.9 Å². The lowest BCUT2D eigenvalue weighted by molar-refractivity contribution is -0.127. The van der Waals surface area contributed by atoms with E-state index in [1.165, 1.54) is 0 Å². The number of hydrogen-bond donors (Lipinski definition) is 3. The molecule has 7 heteroatoms. The van der Waals surface area contributed by atoms with Gasteiger partial charge in [-0.3, -0.25) is 14.4 Å². The van der Waals surface area contributed by atoms with Crippen LogP contribution in [-0.4, -0.2) is 44.0 Å². The van der Waals surface area contributed by atoms with E-state index in [1.807, 2.05) is 20.8 Å². The number of nitrogens with one attached hydrogen (secondary N) is 3. The van der Waals surface area contributed by atoms with E-state index in [4.69, 9.17) is 4.74 Å². The molecule has 0 aliphatic rings. The average Bonchev–Trinajstić information content (AvgIpc) is 2.61.